The van der Waals surface area contributed by atoms with Gasteiger partial charge < -0.3 is 19.7 Å². The molecule has 4 aliphatic carbocycles. The molecule has 6 aliphatic rings. The summed E-state index contributed by atoms with van der Waals surface area (Å²) in [6, 6.07) is 0. The first kappa shape index (κ1) is 21.4. The van der Waals surface area contributed by atoms with E-state index in [0.29, 0.717) is 59.4 Å². The molecule has 176 valence electrons. The lowest BCUT2D eigenvalue weighted by Gasteiger charge is -2.62. The van der Waals surface area contributed by atoms with Crippen LogP contribution in [0.2, 0.25) is 0 Å². The van der Waals surface area contributed by atoms with E-state index in [9.17, 15) is 10.2 Å². The maximum Gasteiger partial charge on any atom is 0.171 e. The van der Waals surface area contributed by atoms with Gasteiger partial charge in [-0.2, -0.15) is 0 Å². The maximum atomic E-state index is 11.2. The molecule has 6 rings (SSSR count). The van der Waals surface area contributed by atoms with Crippen LogP contribution in [0.25, 0.3) is 0 Å². The highest BCUT2D eigenvalue weighted by molar-refractivity contribution is 5.16. The van der Waals surface area contributed by atoms with E-state index in [1.165, 1.54) is 38.5 Å². The zero-order chi connectivity index (χ0) is 21.8. The Kier molecular flexibility index (Phi) is 4.78. The Labute approximate surface area is 188 Å². The Bertz CT molecular complexity index is 716. The van der Waals surface area contributed by atoms with Gasteiger partial charge in [-0.1, -0.05) is 27.7 Å². The lowest BCUT2D eigenvalue weighted by molar-refractivity contribution is -0.273. The predicted molar refractivity (Wildman–Crippen MR) is 119 cm³/mol. The van der Waals surface area contributed by atoms with Crippen LogP contribution in [0.1, 0.15) is 85.5 Å². The summed E-state index contributed by atoms with van der Waals surface area (Å²) in [5.41, 5.74) is 0.320. The second kappa shape index (κ2) is 6.93. The molecule has 0 bridgehead atoms. The molecular formula is C27H44O4. The average molecular weight is 433 g/mol. The van der Waals surface area contributed by atoms with Crippen LogP contribution >= 0.6 is 0 Å². The van der Waals surface area contributed by atoms with Crippen LogP contribution < -0.4 is 0 Å². The van der Waals surface area contributed by atoms with Gasteiger partial charge in [0.05, 0.1) is 24.9 Å². The molecule has 0 aromatic carbocycles. The normalized spacial score (nSPS) is 63.3. The summed E-state index contributed by atoms with van der Waals surface area (Å²) in [4.78, 5) is 0. The van der Waals surface area contributed by atoms with Crippen molar-refractivity contribution in [3.05, 3.63) is 0 Å². The van der Waals surface area contributed by atoms with Gasteiger partial charge in [0.15, 0.2) is 5.79 Å². The fourth-order valence-corrected chi connectivity index (χ4v) is 10.3. The van der Waals surface area contributed by atoms with Gasteiger partial charge in [-0.15, -0.1) is 0 Å². The van der Waals surface area contributed by atoms with Crippen LogP contribution in [-0.2, 0) is 9.47 Å². The molecule has 2 aliphatic heterocycles. The summed E-state index contributed by atoms with van der Waals surface area (Å²) < 4.78 is 13.3. The second-order valence-corrected chi connectivity index (χ2v) is 13.2. The van der Waals surface area contributed by atoms with Crippen molar-refractivity contribution in [1.82, 2.24) is 0 Å². The summed E-state index contributed by atoms with van der Waals surface area (Å²) in [5.74, 6) is 3.89. The first-order valence-corrected chi connectivity index (χ1v) is 13.4. The molecular weight excluding hydrogens is 388 g/mol. The van der Waals surface area contributed by atoms with Crippen LogP contribution in [0, 0.1) is 52.3 Å². The SMILES string of the molecule is C[C@@H]1CC[C@@]2(OC1)O[C@H]1C[C@H]3[C@@H]4CC[C@@H]5C[C@@H](O)C[C@@H](O)[C@]5(C)[C@H]4CC[C@]3(C)[C@H]1[C@@H]2C. The molecule has 4 nitrogen and oxygen atoms in total. The van der Waals surface area contributed by atoms with Gasteiger partial charge in [-0.3, -0.25) is 0 Å². The van der Waals surface area contributed by atoms with E-state index >= 15 is 0 Å². The Hall–Kier alpha value is -0.160. The molecule has 1 spiro atoms. The van der Waals surface area contributed by atoms with Gasteiger partial charge in [0, 0.05) is 12.3 Å². The van der Waals surface area contributed by atoms with Crippen molar-refractivity contribution >= 4 is 0 Å². The van der Waals surface area contributed by atoms with Gasteiger partial charge in [0.2, 0.25) is 0 Å². The average Bonchev–Trinajstić information content (AvgIpc) is 3.16. The van der Waals surface area contributed by atoms with Gasteiger partial charge >= 0.3 is 0 Å². The van der Waals surface area contributed by atoms with E-state index in [-0.39, 0.29) is 23.4 Å². The van der Waals surface area contributed by atoms with Crippen molar-refractivity contribution < 1.29 is 19.7 Å². The van der Waals surface area contributed by atoms with Crippen LogP contribution in [0.15, 0.2) is 0 Å². The molecule has 13 atom stereocenters. The molecule has 2 N–H and O–H groups in total. The topological polar surface area (TPSA) is 58.9 Å². The van der Waals surface area contributed by atoms with E-state index < -0.39 is 0 Å². The van der Waals surface area contributed by atoms with Crippen LogP contribution in [0.4, 0.5) is 0 Å². The minimum atomic E-state index is -0.351. The first-order valence-electron chi connectivity index (χ1n) is 13.4. The van der Waals surface area contributed by atoms with Crippen molar-refractivity contribution in [2.24, 2.45) is 52.3 Å². The standard InChI is InChI=1S/C27H44O4/c1-15-7-10-27(30-14-15)16(2)24-22(31-27)13-21-19-6-5-17-11-18(28)12-23(29)26(17,4)20(19)8-9-25(21,24)3/h15-24,28-29H,5-14H2,1-4H3/t15-,16+,17-,18-,19-,20+,21+,22+,23-,24+,25+,26+,27-/m1/s1. The fourth-order valence-electron chi connectivity index (χ4n) is 10.3. The Balaban J connectivity index is 1.27. The number of ether oxygens (including phenoxy) is 2. The minimum Gasteiger partial charge on any atom is -0.393 e. The third kappa shape index (κ3) is 2.74. The second-order valence-electron chi connectivity index (χ2n) is 13.2. The number of hydrogen-bond donors (Lipinski definition) is 2. The van der Waals surface area contributed by atoms with Crippen LogP contribution in [0.3, 0.4) is 0 Å². The van der Waals surface area contributed by atoms with Gasteiger partial charge in [-0.25, -0.2) is 0 Å². The predicted octanol–water partition coefficient (Wildman–Crippen LogP) is 4.76. The first-order chi connectivity index (χ1) is 14.7. The molecule has 0 amide bonds. The summed E-state index contributed by atoms with van der Waals surface area (Å²) in [6.07, 6.45) is 9.56. The monoisotopic (exact) mass is 432 g/mol. The highest BCUT2D eigenvalue weighted by Gasteiger charge is 2.69. The zero-order valence-corrected chi connectivity index (χ0v) is 20.1. The quantitative estimate of drug-likeness (QED) is 0.579. The summed E-state index contributed by atoms with van der Waals surface area (Å²) in [6.45, 7) is 10.5. The maximum absolute atomic E-state index is 11.2. The number of fused-ring (bicyclic) bond motifs is 7. The lowest BCUT2D eigenvalue weighted by Crippen LogP contribution is -2.59. The molecule has 0 radical (unpaired) electrons. The Morgan fingerprint density at radius 2 is 1.68 bits per heavy atom. The van der Waals surface area contributed by atoms with Crippen molar-refractivity contribution in [3.8, 4) is 0 Å². The van der Waals surface area contributed by atoms with E-state index in [2.05, 4.69) is 27.7 Å². The van der Waals surface area contributed by atoms with E-state index in [1.807, 2.05) is 0 Å². The Morgan fingerprint density at radius 3 is 2.42 bits per heavy atom. The van der Waals surface area contributed by atoms with E-state index in [4.69, 9.17) is 9.47 Å². The third-order valence-electron chi connectivity index (χ3n) is 12.0. The van der Waals surface area contributed by atoms with Crippen LogP contribution in [0.5, 0.6) is 0 Å². The van der Waals surface area contributed by atoms with E-state index in [1.54, 1.807) is 0 Å². The summed E-state index contributed by atoms with van der Waals surface area (Å²) >= 11 is 0. The highest BCUT2D eigenvalue weighted by atomic mass is 16.7. The number of aliphatic hydroxyl groups is 2. The fraction of sp³-hybridized carbons (Fsp3) is 1.00. The largest absolute Gasteiger partial charge is 0.393 e. The van der Waals surface area contributed by atoms with Gasteiger partial charge in [-0.05, 0) is 97.7 Å². The number of hydrogen-bond acceptors (Lipinski definition) is 4. The highest BCUT2D eigenvalue weighted by Crippen LogP contribution is 2.71. The van der Waals surface area contributed by atoms with Crippen molar-refractivity contribution in [1.29, 1.82) is 0 Å². The van der Waals surface area contributed by atoms with Crippen molar-refractivity contribution in [3.63, 3.8) is 0 Å². The smallest absolute Gasteiger partial charge is 0.171 e. The summed E-state index contributed by atoms with van der Waals surface area (Å²) in [5, 5.41) is 21.5. The van der Waals surface area contributed by atoms with Crippen molar-refractivity contribution in [2.75, 3.05) is 6.61 Å². The summed E-state index contributed by atoms with van der Waals surface area (Å²) in [7, 11) is 0. The minimum absolute atomic E-state index is 0.0164. The van der Waals surface area contributed by atoms with Crippen LogP contribution in [-0.4, -0.2) is 40.9 Å². The lowest BCUT2D eigenvalue weighted by atomic mass is 9.43. The molecule has 0 unspecified atom stereocenters. The molecule has 0 aromatic rings. The van der Waals surface area contributed by atoms with Crippen molar-refractivity contribution in [2.45, 2.75) is 110 Å². The van der Waals surface area contributed by atoms with Gasteiger partial charge in [0.1, 0.15) is 0 Å². The molecule has 4 heteroatoms. The molecule has 6 fully saturated rings. The third-order valence-corrected chi connectivity index (χ3v) is 12.0. The molecule has 0 aromatic heterocycles. The molecule has 31 heavy (non-hydrogen) atoms. The number of rotatable bonds is 0. The molecule has 2 heterocycles. The van der Waals surface area contributed by atoms with E-state index in [0.717, 1.165) is 19.4 Å². The molecule has 2 saturated heterocycles. The van der Waals surface area contributed by atoms with Gasteiger partial charge in [0.25, 0.3) is 0 Å². The number of aliphatic hydroxyl groups excluding tert-OH is 2. The molecule has 4 saturated carbocycles. The Morgan fingerprint density at radius 1 is 0.871 bits per heavy atom. The zero-order valence-electron chi connectivity index (χ0n) is 20.1.